The Morgan fingerprint density at radius 1 is 0.880 bits per heavy atom. The van der Waals surface area contributed by atoms with Crippen LogP contribution in [0.25, 0.3) is 0 Å². The maximum absolute atomic E-state index is 14.3. The van der Waals surface area contributed by atoms with Gasteiger partial charge in [-0.25, -0.2) is 0 Å². The number of ether oxygens (including phenoxy) is 2. The van der Waals surface area contributed by atoms with E-state index in [-0.39, 0.29) is 34.9 Å². The summed E-state index contributed by atoms with van der Waals surface area (Å²) in [6, 6.07) is 21.3. The van der Waals surface area contributed by atoms with E-state index in [0.29, 0.717) is 48.2 Å². The summed E-state index contributed by atoms with van der Waals surface area (Å²) in [5, 5.41) is 3.23. The maximum atomic E-state index is 14.3. The lowest BCUT2D eigenvalue weighted by atomic mass is 9.63. The van der Waals surface area contributed by atoms with Crippen LogP contribution >= 0.6 is 34.2 Å². The van der Waals surface area contributed by atoms with Crippen LogP contribution in [0.4, 0.5) is 5.69 Å². The molecule has 7 nitrogen and oxygen atoms in total. The van der Waals surface area contributed by atoms with Crippen molar-refractivity contribution in [2.75, 3.05) is 25.1 Å². The first-order chi connectivity index (χ1) is 23.8. The van der Waals surface area contributed by atoms with Crippen LogP contribution in [0.5, 0.6) is 11.5 Å². The molecule has 3 aliphatic rings. The van der Waals surface area contributed by atoms with E-state index in [2.05, 4.69) is 72.6 Å². The molecule has 0 aromatic heterocycles. The van der Waals surface area contributed by atoms with Gasteiger partial charge in [-0.15, -0.1) is 0 Å². The highest BCUT2D eigenvalue weighted by molar-refractivity contribution is 14.1. The van der Waals surface area contributed by atoms with Gasteiger partial charge in [0.25, 0.3) is 5.91 Å². The Morgan fingerprint density at radius 3 is 2.08 bits per heavy atom. The van der Waals surface area contributed by atoms with Crippen LogP contribution < -0.4 is 14.8 Å². The van der Waals surface area contributed by atoms with Crippen LogP contribution in [0.1, 0.15) is 77.3 Å². The first kappa shape index (κ1) is 36.2. The van der Waals surface area contributed by atoms with Crippen LogP contribution in [-0.4, -0.2) is 42.1 Å². The molecule has 0 spiro atoms. The number of halogens is 2. The summed E-state index contributed by atoms with van der Waals surface area (Å²) in [6.45, 7) is 11.3. The van der Waals surface area contributed by atoms with Gasteiger partial charge in [-0.2, -0.15) is 0 Å². The number of Topliss-reactive ketones (excluding diaryl/α,β-unsaturated/α-hetero) is 2. The third-order valence-corrected chi connectivity index (χ3v) is 10.8. The molecule has 0 unspecified atom stereocenters. The monoisotopic (exact) mass is 806 g/mol. The number of amides is 1. The summed E-state index contributed by atoms with van der Waals surface area (Å²) in [5.74, 6) is 0.174. The molecule has 0 saturated carbocycles. The molecule has 2 aliphatic carbocycles. The van der Waals surface area contributed by atoms with Gasteiger partial charge in [0.2, 0.25) is 0 Å². The van der Waals surface area contributed by atoms with Crippen molar-refractivity contribution in [3.63, 3.8) is 0 Å². The predicted molar refractivity (Wildman–Crippen MR) is 206 cm³/mol. The summed E-state index contributed by atoms with van der Waals surface area (Å²) in [4.78, 5) is 43.9. The average Bonchev–Trinajstić information content (AvgIpc) is 3.03. The SMILES string of the molecule is CCOc1cc(C2C3=C(CC(C)(C)CC3=O)N(CCc3ccccc3)C3=C2C(=O)CC(C)(C)C3)cc(I)c1OCC(=O)Nc1ccccc1Cl. The first-order valence-electron chi connectivity index (χ1n) is 17.2. The molecule has 0 bridgehead atoms. The molecule has 50 heavy (non-hydrogen) atoms. The Bertz CT molecular complexity index is 1840. The van der Waals surface area contributed by atoms with Crippen LogP contribution in [0.15, 0.2) is 89.3 Å². The summed E-state index contributed by atoms with van der Waals surface area (Å²) in [6.07, 6.45) is 3.09. The molecule has 6 rings (SSSR count). The molecule has 9 heteroatoms. The zero-order valence-corrected chi connectivity index (χ0v) is 32.2. The number of nitrogens with one attached hydrogen (secondary N) is 1. The van der Waals surface area contributed by atoms with Crippen LogP contribution in [0.2, 0.25) is 5.02 Å². The molecule has 0 atom stereocenters. The third-order valence-electron chi connectivity index (χ3n) is 9.65. The summed E-state index contributed by atoms with van der Waals surface area (Å²) in [5.41, 5.74) is 5.59. The number of ketones is 2. The molecule has 3 aromatic rings. The van der Waals surface area contributed by atoms with Gasteiger partial charge < -0.3 is 19.7 Å². The summed E-state index contributed by atoms with van der Waals surface area (Å²) >= 11 is 8.43. The topological polar surface area (TPSA) is 84.9 Å². The second-order valence-corrected chi connectivity index (χ2v) is 16.6. The van der Waals surface area contributed by atoms with Gasteiger partial charge >= 0.3 is 0 Å². The molecule has 0 radical (unpaired) electrons. The standard InChI is InChI=1S/C41H44ClIN2O5/c1-6-49-34-19-26(18-28(43)39(34)50-24-35(48)44-29-15-11-10-14-27(29)42)36-37-30(20-40(2,3)22-32(37)46)45(17-16-25-12-8-7-9-13-25)31-21-41(4,5)23-33(47)38(31)36/h7-15,18-19,36H,6,16-17,20-24H2,1-5H3,(H,44,48). The van der Waals surface area contributed by atoms with Gasteiger partial charge in [0.15, 0.2) is 29.7 Å². The van der Waals surface area contributed by atoms with Crippen molar-refractivity contribution in [2.45, 2.75) is 72.6 Å². The second kappa shape index (κ2) is 14.5. The molecule has 1 amide bonds. The van der Waals surface area contributed by atoms with Crippen LogP contribution in [0, 0.1) is 14.4 Å². The van der Waals surface area contributed by atoms with Crippen molar-refractivity contribution in [3.05, 3.63) is 109 Å². The predicted octanol–water partition coefficient (Wildman–Crippen LogP) is 9.29. The number of nitrogens with zero attached hydrogens (tertiary/aromatic N) is 1. The number of rotatable bonds is 10. The fourth-order valence-corrected chi connectivity index (χ4v) is 8.54. The highest BCUT2D eigenvalue weighted by Crippen LogP contribution is 2.55. The lowest BCUT2D eigenvalue weighted by Crippen LogP contribution is -2.45. The Kier molecular flexibility index (Phi) is 10.5. The van der Waals surface area contributed by atoms with Crippen molar-refractivity contribution in [1.29, 1.82) is 0 Å². The smallest absolute Gasteiger partial charge is 0.262 e. The van der Waals surface area contributed by atoms with Gasteiger partial charge in [0.1, 0.15) is 0 Å². The van der Waals surface area contributed by atoms with Gasteiger partial charge in [0.05, 0.1) is 20.9 Å². The number of hydrogen-bond acceptors (Lipinski definition) is 6. The van der Waals surface area contributed by atoms with Gasteiger partial charge in [-0.3, -0.25) is 14.4 Å². The van der Waals surface area contributed by atoms with Crippen molar-refractivity contribution in [2.24, 2.45) is 10.8 Å². The van der Waals surface area contributed by atoms with E-state index in [1.54, 1.807) is 24.3 Å². The quantitative estimate of drug-likeness (QED) is 0.206. The van der Waals surface area contributed by atoms with Crippen LogP contribution in [0.3, 0.4) is 0 Å². The molecule has 0 saturated heterocycles. The number of benzene rings is 3. The first-order valence-corrected chi connectivity index (χ1v) is 18.7. The molecule has 0 fully saturated rings. The van der Waals surface area contributed by atoms with Gasteiger partial charge in [0, 0.05) is 47.8 Å². The van der Waals surface area contributed by atoms with Crippen LogP contribution in [-0.2, 0) is 20.8 Å². The molecule has 3 aromatic carbocycles. The fourth-order valence-electron chi connectivity index (χ4n) is 7.58. The van der Waals surface area contributed by atoms with Gasteiger partial charge in [-0.1, -0.05) is 81.8 Å². The number of para-hydroxylation sites is 1. The van der Waals surface area contributed by atoms with E-state index in [1.165, 1.54) is 5.56 Å². The Balaban J connectivity index is 1.42. The molecular formula is C41H44ClIN2O5. The fraction of sp³-hybridized carbons (Fsp3) is 0.390. The number of carbonyl (C=O) groups excluding carboxylic acids is 3. The van der Waals surface area contributed by atoms with E-state index in [4.69, 9.17) is 21.1 Å². The minimum absolute atomic E-state index is 0.0830. The summed E-state index contributed by atoms with van der Waals surface area (Å²) < 4.78 is 12.9. The van der Waals surface area contributed by atoms with Crippen molar-refractivity contribution in [3.8, 4) is 11.5 Å². The number of carbonyl (C=O) groups is 3. The largest absolute Gasteiger partial charge is 0.490 e. The van der Waals surface area contributed by atoms with E-state index in [9.17, 15) is 14.4 Å². The Labute approximate surface area is 313 Å². The van der Waals surface area contributed by atoms with E-state index >= 15 is 0 Å². The lowest BCUT2D eigenvalue weighted by molar-refractivity contribution is -0.120. The van der Waals surface area contributed by atoms with Gasteiger partial charge in [-0.05, 0) is 95.0 Å². The third kappa shape index (κ3) is 7.66. The Morgan fingerprint density at radius 2 is 1.48 bits per heavy atom. The highest BCUT2D eigenvalue weighted by Gasteiger charge is 2.49. The average molecular weight is 807 g/mol. The van der Waals surface area contributed by atoms with E-state index in [1.807, 2.05) is 37.3 Å². The highest BCUT2D eigenvalue weighted by atomic mass is 127. The van der Waals surface area contributed by atoms with Crippen molar-refractivity contribution >= 4 is 57.4 Å². The Hall–Kier alpha value is -3.63. The second-order valence-electron chi connectivity index (χ2n) is 15.0. The molecule has 262 valence electrons. The molecule has 1 heterocycles. The maximum Gasteiger partial charge on any atom is 0.262 e. The number of allylic oxidation sites excluding steroid dienone is 4. The minimum atomic E-state index is -0.523. The molecule has 1 aliphatic heterocycles. The summed E-state index contributed by atoms with van der Waals surface area (Å²) in [7, 11) is 0. The zero-order valence-electron chi connectivity index (χ0n) is 29.3. The number of anilines is 1. The number of hydrogen-bond donors (Lipinski definition) is 1. The normalized spacial score (nSPS) is 18.5. The van der Waals surface area contributed by atoms with Crippen molar-refractivity contribution in [1.82, 2.24) is 4.90 Å². The van der Waals surface area contributed by atoms with E-state index < -0.39 is 5.92 Å². The minimum Gasteiger partial charge on any atom is -0.490 e. The lowest BCUT2D eigenvalue weighted by Gasteiger charge is -2.49. The molecule has 1 N–H and O–H groups in total. The zero-order chi connectivity index (χ0) is 35.8. The molecular weight excluding hydrogens is 763 g/mol. The van der Waals surface area contributed by atoms with Crippen molar-refractivity contribution < 1.29 is 23.9 Å². The van der Waals surface area contributed by atoms with E-state index in [0.717, 1.165) is 50.9 Å².